The Hall–Kier alpha value is -2.12. The summed E-state index contributed by atoms with van der Waals surface area (Å²) in [6.07, 6.45) is 1.40. The fourth-order valence-corrected chi connectivity index (χ4v) is 2.93. The van der Waals surface area contributed by atoms with E-state index in [-0.39, 0.29) is 5.56 Å². The third-order valence-corrected chi connectivity index (χ3v) is 3.96. The predicted molar refractivity (Wildman–Crippen MR) is 76.2 cm³/mol. The maximum Gasteiger partial charge on any atom is 0.268 e. The summed E-state index contributed by atoms with van der Waals surface area (Å²) in [5, 5.41) is 2.93. The Labute approximate surface area is 117 Å². The zero-order valence-electron chi connectivity index (χ0n) is 10.6. The van der Waals surface area contributed by atoms with Crippen molar-refractivity contribution >= 4 is 21.6 Å². The number of hydrogen-bond donors (Lipinski definition) is 2. The largest absolute Gasteiger partial charge is 0.313 e. The van der Waals surface area contributed by atoms with Gasteiger partial charge in [0.15, 0.2) is 0 Å². The standard InChI is InChI=1S/C13H11FN4OS/c1-15-6-11-17-8-5-9(20-12(8)13(19)18-11)7-2-3-16-10(14)4-7/h2-5,15H,6H2,1H3,(H,17,18,19). The van der Waals surface area contributed by atoms with Crippen LogP contribution >= 0.6 is 11.3 Å². The molecule has 0 aliphatic heterocycles. The van der Waals surface area contributed by atoms with E-state index in [4.69, 9.17) is 0 Å². The van der Waals surface area contributed by atoms with E-state index >= 15 is 0 Å². The lowest BCUT2D eigenvalue weighted by molar-refractivity contribution is 0.584. The first kappa shape index (κ1) is 12.9. The molecule has 0 aromatic carbocycles. The molecule has 0 aliphatic carbocycles. The number of aromatic amines is 1. The third kappa shape index (κ3) is 2.33. The highest BCUT2D eigenvalue weighted by Crippen LogP contribution is 2.30. The van der Waals surface area contributed by atoms with Crippen molar-refractivity contribution in [1.29, 1.82) is 0 Å². The van der Waals surface area contributed by atoms with Crippen molar-refractivity contribution in [2.45, 2.75) is 6.54 Å². The lowest BCUT2D eigenvalue weighted by Gasteiger charge is -1.97. The molecule has 3 rings (SSSR count). The number of fused-ring (bicyclic) bond motifs is 1. The van der Waals surface area contributed by atoms with Gasteiger partial charge >= 0.3 is 0 Å². The number of nitrogens with one attached hydrogen (secondary N) is 2. The summed E-state index contributed by atoms with van der Waals surface area (Å²) in [7, 11) is 1.78. The van der Waals surface area contributed by atoms with E-state index in [0.29, 0.717) is 28.1 Å². The highest BCUT2D eigenvalue weighted by Gasteiger charge is 2.10. The predicted octanol–water partition coefficient (Wildman–Crippen LogP) is 1.91. The lowest BCUT2D eigenvalue weighted by Crippen LogP contribution is -2.15. The van der Waals surface area contributed by atoms with Crippen molar-refractivity contribution in [1.82, 2.24) is 20.3 Å². The van der Waals surface area contributed by atoms with E-state index < -0.39 is 5.95 Å². The van der Waals surface area contributed by atoms with Gasteiger partial charge in [-0.15, -0.1) is 11.3 Å². The second kappa shape index (κ2) is 5.10. The van der Waals surface area contributed by atoms with Gasteiger partial charge in [0.25, 0.3) is 5.56 Å². The maximum absolute atomic E-state index is 13.2. The Balaban J connectivity index is 2.15. The van der Waals surface area contributed by atoms with Crippen molar-refractivity contribution < 1.29 is 4.39 Å². The van der Waals surface area contributed by atoms with Crippen LogP contribution in [-0.2, 0) is 6.54 Å². The molecule has 3 heterocycles. The minimum absolute atomic E-state index is 0.175. The molecule has 0 aliphatic rings. The zero-order valence-corrected chi connectivity index (χ0v) is 11.4. The molecule has 0 saturated carbocycles. The molecule has 20 heavy (non-hydrogen) atoms. The molecule has 3 aromatic rings. The number of nitrogens with zero attached hydrogens (tertiary/aromatic N) is 2. The first-order valence-electron chi connectivity index (χ1n) is 5.96. The quantitative estimate of drug-likeness (QED) is 0.723. The summed E-state index contributed by atoms with van der Waals surface area (Å²) in [5.74, 6) is 0.0351. The summed E-state index contributed by atoms with van der Waals surface area (Å²) in [4.78, 5) is 23.4. The van der Waals surface area contributed by atoms with E-state index in [9.17, 15) is 9.18 Å². The van der Waals surface area contributed by atoms with E-state index in [2.05, 4.69) is 20.3 Å². The molecular formula is C13H11FN4OS. The molecule has 102 valence electrons. The van der Waals surface area contributed by atoms with Gasteiger partial charge in [0.05, 0.1) is 12.1 Å². The minimum atomic E-state index is -0.544. The minimum Gasteiger partial charge on any atom is -0.313 e. The van der Waals surface area contributed by atoms with E-state index in [1.54, 1.807) is 19.2 Å². The number of H-pyrrole nitrogens is 1. The van der Waals surface area contributed by atoms with Gasteiger partial charge in [-0.1, -0.05) is 0 Å². The van der Waals surface area contributed by atoms with Gasteiger partial charge in [-0.25, -0.2) is 9.97 Å². The average molecular weight is 290 g/mol. The summed E-state index contributed by atoms with van der Waals surface area (Å²) in [5.41, 5.74) is 1.14. The molecular weight excluding hydrogens is 279 g/mol. The SMILES string of the molecule is CNCc1nc2cc(-c3ccnc(F)c3)sc2c(=O)[nH]1. The highest BCUT2D eigenvalue weighted by molar-refractivity contribution is 7.22. The summed E-state index contributed by atoms with van der Waals surface area (Å²) in [6.45, 7) is 0.486. The molecule has 3 aromatic heterocycles. The van der Waals surface area contributed by atoms with Gasteiger partial charge in [-0.3, -0.25) is 4.79 Å². The monoisotopic (exact) mass is 290 g/mol. The van der Waals surface area contributed by atoms with Crippen molar-refractivity contribution in [2.24, 2.45) is 0 Å². The Bertz CT molecular complexity index is 827. The van der Waals surface area contributed by atoms with Crippen LogP contribution in [0.3, 0.4) is 0 Å². The van der Waals surface area contributed by atoms with Crippen molar-refractivity contribution in [3.05, 3.63) is 46.5 Å². The molecule has 0 fully saturated rings. The van der Waals surface area contributed by atoms with Crippen molar-refractivity contribution in [3.63, 3.8) is 0 Å². The van der Waals surface area contributed by atoms with Gasteiger partial charge in [-0.2, -0.15) is 4.39 Å². The van der Waals surface area contributed by atoms with Crippen LogP contribution in [0.2, 0.25) is 0 Å². The Kier molecular flexibility index (Phi) is 3.29. The van der Waals surface area contributed by atoms with Crippen LogP contribution < -0.4 is 10.9 Å². The summed E-state index contributed by atoms with van der Waals surface area (Å²) >= 11 is 1.29. The number of halogens is 1. The van der Waals surface area contributed by atoms with Crippen LogP contribution in [0.25, 0.3) is 20.7 Å². The number of thiophene rings is 1. The lowest BCUT2D eigenvalue weighted by atomic mass is 10.2. The first-order chi connectivity index (χ1) is 9.67. The molecule has 2 N–H and O–H groups in total. The van der Waals surface area contributed by atoms with Crippen LogP contribution in [0, 0.1) is 5.95 Å². The van der Waals surface area contributed by atoms with Gasteiger partial charge in [0, 0.05) is 17.1 Å². The summed E-state index contributed by atoms with van der Waals surface area (Å²) in [6, 6.07) is 4.84. The molecule has 0 radical (unpaired) electrons. The van der Waals surface area contributed by atoms with E-state index in [1.807, 2.05) is 0 Å². The van der Waals surface area contributed by atoms with E-state index in [0.717, 1.165) is 4.88 Å². The van der Waals surface area contributed by atoms with Crippen LogP contribution in [-0.4, -0.2) is 22.0 Å². The second-order valence-electron chi connectivity index (χ2n) is 4.24. The van der Waals surface area contributed by atoms with Gasteiger partial charge in [-0.05, 0) is 24.7 Å². The number of aromatic nitrogens is 3. The maximum atomic E-state index is 13.2. The van der Waals surface area contributed by atoms with Gasteiger partial charge < -0.3 is 10.3 Å². The molecule has 0 spiro atoms. The van der Waals surface area contributed by atoms with Gasteiger partial charge in [0.2, 0.25) is 5.95 Å². The van der Waals surface area contributed by atoms with Crippen LogP contribution in [0.1, 0.15) is 5.82 Å². The summed E-state index contributed by atoms with van der Waals surface area (Å²) < 4.78 is 13.7. The number of pyridine rings is 1. The fourth-order valence-electron chi connectivity index (χ4n) is 1.94. The molecule has 5 nitrogen and oxygen atoms in total. The van der Waals surface area contributed by atoms with Crippen LogP contribution in [0.4, 0.5) is 4.39 Å². The van der Waals surface area contributed by atoms with E-state index in [1.165, 1.54) is 23.6 Å². The Morgan fingerprint density at radius 3 is 3.05 bits per heavy atom. The smallest absolute Gasteiger partial charge is 0.268 e. The Morgan fingerprint density at radius 2 is 2.30 bits per heavy atom. The topological polar surface area (TPSA) is 70.7 Å². The normalized spacial score (nSPS) is 11.1. The fraction of sp³-hybridized carbons (Fsp3) is 0.154. The van der Waals surface area contributed by atoms with Gasteiger partial charge in [0.1, 0.15) is 10.5 Å². The van der Waals surface area contributed by atoms with Crippen LogP contribution in [0.5, 0.6) is 0 Å². The third-order valence-electron chi connectivity index (χ3n) is 2.79. The molecule has 0 atom stereocenters. The van der Waals surface area contributed by atoms with Crippen molar-refractivity contribution in [3.8, 4) is 10.4 Å². The highest BCUT2D eigenvalue weighted by atomic mass is 32.1. The molecule has 0 unspecified atom stereocenters. The first-order valence-corrected chi connectivity index (χ1v) is 6.78. The number of rotatable bonds is 3. The molecule has 0 saturated heterocycles. The van der Waals surface area contributed by atoms with Crippen LogP contribution in [0.15, 0.2) is 29.2 Å². The molecule has 0 bridgehead atoms. The average Bonchev–Trinajstić information content (AvgIpc) is 2.84. The second-order valence-corrected chi connectivity index (χ2v) is 5.29. The molecule has 0 amide bonds. The zero-order chi connectivity index (χ0) is 14.1. The Morgan fingerprint density at radius 1 is 1.45 bits per heavy atom. The number of hydrogen-bond acceptors (Lipinski definition) is 5. The van der Waals surface area contributed by atoms with Crippen molar-refractivity contribution in [2.75, 3.05) is 7.05 Å². The molecule has 7 heteroatoms.